The molecule has 0 aromatic heterocycles. The summed E-state index contributed by atoms with van der Waals surface area (Å²) >= 11 is 0. The maximum Gasteiger partial charge on any atom is 0.172 e. The normalized spacial score (nSPS) is 11.5. The van der Waals surface area contributed by atoms with Crippen molar-refractivity contribution in [3.8, 4) is 5.75 Å². The number of rotatable bonds is 13. The van der Waals surface area contributed by atoms with Crippen molar-refractivity contribution >= 4 is 21.5 Å². The first-order valence-electron chi connectivity index (χ1n) is 12.1. The summed E-state index contributed by atoms with van der Waals surface area (Å²) in [5, 5.41) is 2.55. The van der Waals surface area contributed by atoms with Crippen molar-refractivity contribution in [2.75, 3.05) is 6.61 Å². The third-order valence-electron chi connectivity index (χ3n) is 6.17. The van der Waals surface area contributed by atoms with Gasteiger partial charge in [-0.3, -0.25) is 0 Å². The zero-order chi connectivity index (χ0) is 22.1. The summed E-state index contributed by atoms with van der Waals surface area (Å²) in [6, 6.07) is 10.7. The minimum Gasteiger partial charge on any atom is -0.490 e. The Labute approximate surface area is 185 Å². The number of unbranched alkanes of at least 4 members (excludes halogenated alkanes) is 8. The molecule has 0 heterocycles. The molecule has 3 aromatic rings. The molecule has 0 N–H and O–H groups in total. The van der Waals surface area contributed by atoms with Crippen LogP contribution < -0.4 is 4.74 Å². The van der Waals surface area contributed by atoms with Gasteiger partial charge in [0.2, 0.25) is 0 Å². The van der Waals surface area contributed by atoms with Crippen LogP contribution in [0.4, 0.5) is 8.78 Å². The highest BCUT2D eigenvalue weighted by molar-refractivity contribution is 6.08. The van der Waals surface area contributed by atoms with Crippen LogP contribution in [0.5, 0.6) is 5.75 Å². The van der Waals surface area contributed by atoms with Gasteiger partial charge in [-0.05, 0) is 47.7 Å². The van der Waals surface area contributed by atoms with Gasteiger partial charge in [0, 0.05) is 10.8 Å². The van der Waals surface area contributed by atoms with Gasteiger partial charge >= 0.3 is 0 Å². The average Bonchev–Trinajstić information content (AvgIpc) is 2.78. The maximum absolute atomic E-state index is 15.1. The van der Waals surface area contributed by atoms with E-state index in [4.69, 9.17) is 4.74 Å². The molecule has 0 saturated heterocycles. The monoisotopic (exact) mass is 426 g/mol. The van der Waals surface area contributed by atoms with Gasteiger partial charge in [-0.15, -0.1) is 0 Å². The molecule has 0 unspecified atom stereocenters. The molecular formula is C28H36F2O. The van der Waals surface area contributed by atoms with Gasteiger partial charge in [0.15, 0.2) is 11.6 Å². The summed E-state index contributed by atoms with van der Waals surface area (Å²) in [6.45, 7) is 4.90. The molecule has 1 nitrogen and oxygen atoms in total. The summed E-state index contributed by atoms with van der Waals surface area (Å²) in [4.78, 5) is 0. The summed E-state index contributed by atoms with van der Waals surface area (Å²) < 4.78 is 35.9. The zero-order valence-corrected chi connectivity index (χ0v) is 19.1. The van der Waals surface area contributed by atoms with E-state index in [-0.39, 0.29) is 17.4 Å². The fourth-order valence-electron chi connectivity index (χ4n) is 4.28. The van der Waals surface area contributed by atoms with Gasteiger partial charge in [0.1, 0.15) is 5.82 Å². The Kier molecular flexibility index (Phi) is 9.12. The molecule has 0 aliphatic heterocycles. The Balaban J connectivity index is 1.73. The van der Waals surface area contributed by atoms with E-state index >= 15 is 8.78 Å². The van der Waals surface area contributed by atoms with Gasteiger partial charge in [-0.2, -0.15) is 0 Å². The first-order chi connectivity index (χ1) is 15.2. The topological polar surface area (TPSA) is 9.23 Å². The van der Waals surface area contributed by atoms with Crippen LogP contribution in [0.25, 0.3) is 21.5 Å². The molecule has 0 bridgehead atoms. The van der Waals surface area contributed by atoms with Gasteiger partial charge in [0.25, 0.3) is 0 Å². The Morgan fingerprint density at radius 2 is 1.13 bits per heavy atom. The second-order valence-electron chi connectivity index (χ2n) is 8.60. The lowest BCUT2D eigenvalue weighted by molar-refractivity contribution is 0.291. The second-order valence-corrected chi connectivity index (χ2v) is 8.60. The molecule has 0 amide bonds. The Morgan fingerprint density at radius 1 is 0.581 bits per heavy atom. The van der Waals surface area contributed by atoms with Crippen LogP contribution in [-0.4, -0.2) is 6.61 Å². The number of hydrogen-bond donors (Lipinski definition) is 0. The predicted octanol–water partition coefficient (Wildman–Crippen LogP) is 9.13. The van der Waals surface area contributed by atoms with Crippen molar-refractivity contribution in [2.24, 2.45) is 0 Å². The van der Waals surface area contributed by atoms with E-state index in [1.807, 2.05) is 18.2 Å². The summed E-state index contributed by atoms with van der Waals surface area (Å²) in [5.74, 6) is -0.234. The van der Waals surface area contributed by atoms with E-state index in [1.54, 1.807) is 18.2 Å². The van der Waals surface area contributed by atoms with E-state index in [2.05, 4.69) is 13.8 Å². The molecule has 3 heteroatoms. The number of fused-ring (bicyclic) bond motifs is 3. The average molecular weight is 427 g/mol. The second kappa shape index (κ2) is 12.0. The first kappa shape index (κ1) is 23.5. The minimum atomic E-state index is -0.352. The van der Waals surface area contributed by atoms with E-state index in [0.29, 0.717) is 17.4 Å². The number of benzene rings is 3. The number of hydrogen-bond acceptors (Lipinski definition) is 1. The molecule has 0 atom stereocenters. The summed E-state index contributed by atoms with van der Waals surface area (Å²) in [5.41, 5.74) is 0.752. The van der Waals surface area contributed by atoms with Gasteiger partial charge in [0.05, 0.1) is 6.61 Å². The number of ether oxygens (including phenoxy) is 1. The van der Waals surface area contributed by atoms with Gasteiger partial charge < -0.3 is 4.74 Å². The lowest BCUT2D eigenvalue weighted by atomic mass is 9.97. The van der Waals surface area contributed by atoms with Crippen LogP contribution in [0.15, 0.2) is 36.4 Å². The van der Waals surface area contributed by atoms with Gasteiger partial charge in [-0.1, -0.05) is 89.5 Å². The first-order valence-corrected chi connectivity index (χ1v) is 12.1. The summed E-state index contributed by atoms with van der Waals surface area (Å²) in [7, 11) is 0. The molecule has 0 fully saturated rings. The predicted molar refractivity (Wildman–Crippen MR) is 128 cm³/mol. The molecule has 31 heavy (non-hydrogen) atoms. The lowest BCUT2D eigenvalue weighted by Crippen LogP contribution is -2.00. The maximum atomic E-state index is 15.1. The molecule has 0 aliphatic carbocycles. The van der Waals surface area contributed by atoms with Gasteiger partial charge in [-0.25, -0.2) is 8.78 Å². The SMILES string of the molecule is CCCCCCCCOc1ccc2c(ccc3c(F)c(CCCCCC)ccc32)c1F. The van der Waals surface area contributed by atoms with E-state index in [9.17, 15) is 0 Å². The molecule has 3 aromatic carbocycles. The highest BCUT2D eigenvalue weighted by Crippen LogP contribution is 2.34. The van der Waals surface area contributed by atoms with Crippen LogP contribution in [-0.2, 0) is 6.42 Å². The van der Waals surface area contributed by atoms with E-state index < -0.39 is 0 Å². The highest BCUT2D eigenvalue weighted by Gasteiger charge is 2.14. The zero-order valence-electron chi connectivity index (χ0n) is 19.1. The van der Waals surface area contributed by atoms with Crippen LogP contribution in [0.1, 0.15) is 83.6 Å². The standard InChI is InChI=1S/C28H36F2O/c1-3-5-7-9-10-12-20-31-26-19-18-23-22-15-14-21(13-11-8-6-4-2)27(29)24(22)16-17-25(23)28(26)30/h14-19H,3-13,20H2,1-2H3. The third-order valence-corrected chi connectivity index (χ3v) is 6.17. The lowest BCUT2D eigenvalue weighted by Gasteiger charge is -2.12. The Morgan fingerprint density at radius 3 is 1.84 bits per heavy atom. The number of aryl methyl sites for hydroxylation is 1. The fourth-order valence-corrected chi connectivity index (χ4v) is 4.28. The van der Waals surface area contributed by atoms with Crippen molar-refractivity contribution in [1.29, 1.82) is 0 Å². The van der Waals surface area contributed by atoms with Crippen LogP contribution >= 0.6 is 0 Å². The molecule has 0 spiro atoms. The fraction of sp³-hybridized carbons (Fsp3) is 0.500. The van der Waals surface area contributed by atoms with E-state index in [0.717, 1.165) is 48.4 Å². The van der Waals surface area contributed by atoms with Crippen molar-refractivity contribution in [2.45, 2.75) is 84.5 Å². The van der Waals surface area contributed by atoms with Crippen LogP contribution in [0, 0.1) is 11.6 Å². The van der Waals surface area contributed by atoms with Crippen molar-refractivity contribution in [1.82, 2.24) is 0 Å². The molecule has 0 saturated carbocycles. The smallest absolute Gasteiger partial charge is 0.172 e. The van der Waals surface area contributed by atoms with Crippen molar-refractivity contribution in [3.05, 3.63) is 53.6 Å². The summed E-state index contributed by atoms with van der Waals surface area (Å²) in [6.07, 6.45) is 12.2. The van der Waals surface area contributed by atoms with Crippen LogP contribution in [0.2, 0.25) is 0 Å². The molecule has 168 valence electrons. The third kappa shape index (κ3) is 5.96. The quantitative estimate of drug-likeness (QED) is 0.195. The Hall–Kier alpha value is -2.16. The van der Waals surface area contributed by atoms with Crippen LogP contribution in [0.3, 0.4) is 0 Å². The van der Waals surface area contributed by atoms with Crippen molar-refractivity contribution in [3.63, 3.8) is 0 Å². The minimum absolute atomic E-state index is 0.167. The van der Waals surface area contributed by atoms with Crippen molar-refractivity contribution < 1.29 is 13.5 Å². The molecule has 0 radical (unpaired) electrons. The molecule has 0 aliphatic rings. The molecular weight excluding hydrogens is 390 g/mol. The number of halogens is 2. The molecule has 3 rings (SSSR count). The largest absolute Gasteiger partial charge is 0.490 e. The Bertz CT molecular complexity index is 980. The van der Waals surface area contributed by atoms with E-state index in [1.165, 1.54) is 38.5 Å². The highest BCUT2D eigenvalue weighted by atomic mass is 19.1.